The van der Waals surface area contributed by atoms with Gasteiger partial charge in [-0.1, -0.05) is 36.4 Å². The first-order valence-corrected chi connectivity index (χ1v) is 10.6. The van der Waals surface area contributed by atoms with Crippen LogP contribution in [0, 0.1) is 6.92 Å². The number of benzene rings is 4. The van der Waals surface area contributed by atoms with E-state index < -0.39 is 10.1 Å². The van der Waals surface area contributed by atoms with Gasteiger partial charge in [-0.25, -0.2) is 0 Å². The van der Waals surface area contributed by atoms with Crippen molar-refractivity contribution in [1.82, 2.24) is 0 Å². The predicted molar refractivity (Wildman–Crippen MR) is 121 cm³/mol. The van der Waals surface area contributed by atoms with Crippen LogP contribution in [-0.2, 0) is 10.1 Å². The van der Waals surface area contributed by atoms with Gasteiger partial charge in [-0.15, -0.1) is 5.11 Å². The van der Waals surface area contributed by atoms with Gasteiger partial charge >= 0.3 is 0 Å². The predicted octanol–water partition coefficient (Wildman–Crippen LogP) is 5.48. The summed E-state index contributed by atoms with van der Waals surface area (Å²) in [6.45, 7) is 1.98. The second kappa shape index (κ2) is 7.55. The van der Waals surface area contributed by atoms with Gasteiger partial charge in [0.1, 0.15) is 0 Å². The summed E-state index contributed by atoms with van der Waals surface area (Å²) >= 11 is 0. The van der Waals surface area contributed by atoms with Crippen molar-refractivity contribution in [3.05, 3.63) is 72.3 Å². The average molecular weight is 415 g/mol. The third-order valence-corrected chi connectivity index (χ3v) is 5.90. The molecule has 2 radical (unpaired) electrons. The van der Waals surface area contributed by atoms with E-state index in [1.165, 1.54) is 16.9 Å². The molecule has 0 aliphatic carbocycles. The molecule has 0 aliphatic heterocycles. The zero-order valence-corrected chi connectivity index (χ0v) is 17.3. The molecule has 148 valence electrons. The zero-order valence-electron chi connectivity index (χ0n) is 16.4. The summed E-state index contributed by atoms with van der Waals surface area (Å²) in [7, 11) is 3.23. The van der Waals surface area contributed by atoms with Crippen LogP contribution in [0.4, 0.5) is 17.1 Å². The Labute approximate surface area is 176 Å². The molecule has 4 aromatic carbocycles. The molecular weight excluding hydrogens is 397 g/mol. The average Bonchev–Trinajstić information content (AvgIpc) is 2.72. The van der Waals surface area contributed by atoms with E-state index in [1.807, 2.05) is 43.3 Å². The second-order valence-electron chi connectivity index (χ2n) is 7.03. The molecule has 0 heterocycles. The molecule has 0 atom stereocenters. The number of rotatable bonds is 4. The highest BCUT2D eigenvalue weighted by Gasteiger charge is 2.14. The van der Waals surface area contributed by atoms with Crippen LogP contribution in [0.15, 0.2) is 81.9 Å². The van der Waals surface area contributed by atoms with E-state index in [1.54, 1.807) is 25.2 Å². The SMILES string of the molecule is [B]N(C)c1ccc(N=Nc2ccc3ccccc3c2C)c2cc(S(=O)(=O)O)ccc12. The van der Waals surface area contributed by atoms with Gasteiger partial charge in [0.15, 0.2) is 0 Å². The van der Waals surface area contributed by atoms with Crippen LogP contribution < -0.4 is 4.81 Å². The highest BCUT2D eigenvalue weighted by Crippen LogP contribution is 2.36. The van der Waals surface area contributed by atoms with E-state index in [9.17, 15) is 13.0 Å². The minimum absolute atomic E-state index is 0.217. The fraction of sp³-hybridized carbons (Fsp3) is 0.0909. The van der Waals surface area contributed by atoms with Crippen molar-refractivity contribution in [2.75, 3.05) is 11.9 Å². The van der Waals surface area contributed by atoms with Gasteiger partial charge < -0.3 is 4.81 Å². The van der Waals surface area contributed by atoms with Gasteiger partial charge in [0.25, 0.3) is 10.1 Å². The Kier molecular flexibility index (Phi) is 5.05. The van der Waals surface area contributed by atoms with Gasteiger partial charge in [0, 0.05) is 16.5 Å². The van der Waals surface area contributed by atoms with Crippen LogP contribution in [0.25, 0.3) is 21.5 Å². The summed E-state index contributed by atoms with van der Waals surface area (Å²) in [5.74, 6) is 0. The summed E-state index contributed by atoms with van der Waals surface area (Å²) in [4.78, 5) is 1.22. The van der Waals surface area contributed by atoms with E-state index in [-0.39, 0.29) is 4.90 Å². The Morgan fingerprint density at radius 3 is 2.30 bits per heavy atom. The molecule has 4 aromatic rings. The minimum Gasteiger partial charge on any atom is -0.427 e. The number of hydrogen-bond donors (Lipinski definition) is 1. The molecule has 8 heteroatoms. The Morgan fingerprint density at radius 1 is 0.867 bits per heavy atom. The minimum atomic E-state index is -4.36. The van der Waals surface area contributed by atoms with E-state index in [0.29, 0.717) is 27.8 Å². The number of aryl methyl sites for hydroxylation is 1. The van der Waals surface area contributed by atoms with Crippen molar-refractivity contribution < 1.29 is 13.0 Å². The largest absolute Gasteiger partial charge is 0.427 e. The Balaban J connectivity index is 1.88. The maximum Gasteiger partial charge on any atom is 0.294 e. The molecule has 0 spiro atoms. The lowest BCUT2D eigenvalue weighted by atomic mass is 10.0. The second-order valence-corrected chi connectivity index (χ2v) is 8.45. The van der Waals surface area contributed by atoms with Gasteiger partial charge in [0.2, 0.25) is 7.98 Å². The number of nitrogens with zero attached hydrogens (tertiary/aromatic N) is 3. The molecule has 30 heavy (non-hydrogen) atoms. The molecule has 0 saturated carbocycles. The fourth-order valence-corrected chi connectivity index (χ4v) is 3.99. The Hall–Kier alpha value is -3.23. The first-order chi connectivity index (χ1) is 14.3. The van der Waals surface area contributed by atoms with E-state index in [2.05, 4.69) is 10.2 Å². The molecule has 0 aliphatic rings. The van der Waals surface area contributed by atoms with Crippen molar-refractivity contribution in [2.24, 2.45) is 10.2 Å². The lowest BCUT2D eigenvalue weighted by molar-refractivity contribution is 0.483. The monoisotopic (exact) mass is 415 g/mol. The van der Waals surface area contributed by atoms with Gasteiger partial charge in [0.05, 0.1) is 16.3 Å². The zero-order chi connectivity index (χ0) is 21.5. The number of fused-ring (bicyclic) bond motifs is 2. The van der Waals surface area contributed by atoms with Crippen LogP contribution in [0.5, 0.6) is 0 Å². The molecule has 1 N–H and O–H groups in total. The molecule has 0 amide bonds. The van der Waals surface area contributed by atoms with Gasteiger partial charge in [-0.3, -0.25) is 4.55 Å². The fourth-order valence-electron chi connectivity index (χ4n) is 3.48. The molecule has 0 unspecified atom stereocenters. The third kappa shape index (κ3) is 3.67. The summed E-state index contributed by atoms with van der Waals surface area (Å²) < 4.78 is 32.7. The summed E-state index contributed by atoms with van der Waals surface area (Å²) in [5, 5.41) is 12.2. The molecule has 6 nitrogen and oxygen atoms in total. The number of anilines is 1. The topological polar surface area (TPSA) is 82.3 Å². The highest BCUT2D eigenvalue weighted by molar-refractivity contribution is 7.85. The van der Waals surface area contributed by atoms with E-state index in [0.717, 1.165) is 16.3 Å². The van der Waals surface area contributed by atoms with Crippen LogP contribution in [0.3, 0.4) is 0 Å². The van der Waals surface area contributed by atoms with Crippen molar-refractivity contribution >= 4 is 56.7 Å². The number of azo groups is 1. The van der Waals surface area contributed by atoms with Crippen LogP contribution in [0.1, 0.15) is 5.56 Å². The first-order valence-electron chi connectivity index (χ1n) is 9.18. The van der Waals surface area contributed by atoms with Crippen molar-refractivity contribution in [3.63, 3.8) is 0 Å². The van der Waals surface area contributed by atoms with E-state index in [4.69, 9.17) is 7.98 Å². The third-order valence-electron chi connectivity index (χ3n) is 5.06. The number of hydrogen-bond acceptors (Lipinski definition) is 5. The molecule has 0 bridgehead atoms. The standard InChI is InChI=1S/C22H18BN3O3S/c1-14-17-6-4-3-5-15(17)7-10-20(14)24-25-21-11-12-22(26(2)23)18-9-8-16(13-19(18)21)30(27,28)29/h3-13H,1-2H3,(H,27,28,29). The quantitative estimate of drug-likeness (QED) is 0.272. The molecule has 0 saturated heterocycles. The summed E-state index contributed by atoms with van der Waals surface area (Å²) in [6, 6.07) is 19.7. The maximum atomic E-state index is 11.6. The highest BCUT2D eigenvalue weighted by atomic mass is 32.2. The van der Waals surface area contributed by atoms with Gasteiger partial charge in [-0.2, -0.15) is 13.5 Å². The van der Waals surface area contributed by atoms with E-state index >= 15 is 0 Å². The summed E-state index contributed by atoms with van der Waals surface area (Å²) in [6.07, 6.45) is 0. The van der Waals surface area contributed by atoms with Crippen molar-refractivity contribution in [1.29, 1.82) is 0 Å². The first kappa shape index (κ1) is 20.1. The smallest absolute Gasteiger partial charge is 0.294 e. The normalized spacial score (nSPS) is 12.1. The lowest BCUT2D eigenvalue weighted by Crippen LogP contribution is -2.11. The molecule has 0 fully saturated rings. The maximum absolute atomic E-state index is 11.6. The van der Waals surface area contributed by atoms with Crippen molar-refractivity contribution in [2.45, 2.75) is 11.8 Å². The van der Waals surface area contributed by atoms with Gasteiger partial charge in [-0.05, 0) is 60.6 Å². The Bertz CT molecular complexity index is 1420. The van der Waals surface area contributed by atoms with Crippen LogP contribution >= 0.6 is 0 Å². The molecule has 0 aromatic heterocycles. The molecular formula is C22H18BN3O3S. The van der Waals surface area contributed by atoms with Crippen LogP contribution in [0.2, 0.25) is 0 Å². The van der Waals surface area contributed by atoms with Crippen LogP contribution in [-0.4, -0.2) is 28.0 Å². The lowest BCUT2D eigenvalue weighted by Gasteiger charge is -2.17. The summed E-state index contributed by atoms with van der Waals surface area (Å²) in [5.41, 5.74) is 2.87. The Morgan fingerprint density at radius 2 is 1.57 bits per heavy atom. The molecule has 4 rings (SSSR count). The van der Waals surface area contributed by atoms with Crippen molar-refractivity contribution in [3.8, 4) is 0 Å².